The van der Waals surface area contributed by atoms with E-state index in [-0.39, 0.29) is 6.04 Å². The molecule has 0 saturated heterocycles. The van der Waals surface area contributed by atoms with Crippen molar-refractivity contribution in [2.75, 3.05) is 4.90 Å². The fourth-order valence-electron chi connectivity index (χ4n) is 2.40. The van der Waals surface area contributed by atoms with E-state index in [1.54, 1.807) is 4.90 Å². The number of carbonyl (C=O) groups is 1. The summed E-state index contributed by atoms with van der Waals surface area (Å²) in [6, 6.07) is 14.8. The summed E-state index contributed by atoms with van der Waals surface area (Å²) in [4.78, 5) is 13.2. The van der Waals surface area contributed by atoms with Crippen molar-refractivity contribution < 1.29 is 4.79 Å². The molecule has 0 radical (unpaired) electrons. The Morgan fingerprint density at radius 1 is 1.00 bits per heavy atom. The summed E-state index contributed by atoms with van der Waals surface area (Å²) in [5.41, 5.74) is 2.65. The van der Waals surface area contributed by atoms with Crippen molar-refractivity contribution in [3.05, 3.63) is 70.8 Å². The summed E-state index contributed by atoms with van der Waals surface area (Å²) in [6.07, 6.45) is 2.71. The van der Waals surface area contributed by atoms with Crippen molar-refractivity contribution in [3.63, 3.8) is 0 Å². The summed E-state index contributed by atoms with van der Waals surface area (Å²) in [7, 11) is 0. The van der Waals surface area contributed by atoms with Crippen LogP contribution in [-0.2, 0) is 4.79 Å². The van der Waals surface area contributed by atoms with Crippen LogP contribution in [0.5, 0.6) is 0 Å². The quantitative estimate of drug-likeness (QED) is 0.740. The molecule has 2 aromatic carbocycles. The summed E-state index contributed by atoms with van der Waals surface area (Å²) >= 11 is 12.2. The van der Waals surface area contributed by atoms with Crippen LogP contribution in [0.25, 0.3) is 5.03 Å². The molecule has 1 aliphatic heterocycles. The van der Waals surface area contributed by atoms with E-state index in [0.29, 0.717) is 10.1 Å². The van der Waals surface area contributed by atoms with Crippen LogP contribution in [0, 0.1) is 0 Å². The fraction of sp³-hybridized carbons (Fsp3) is 0.0625. The molecule has 2 nitrogen and oxygen atoms in total. The minimum atomic E-state index is -0.216. The molecule has 2 aromatic rings. The molecule has 1 heterocycles. The molecule has 0 fully saturated rings. The number of halogens is 2. The van der Waals surface area contributed by atoms with Gasteiger partial charge in [-0.1, -0.05) is 53.5 Å². The van der Waals surface area contributed by atoms with Crippen LogP contribution >= 0.6 is 23.2 Å². The highest BCUT2D eigenvalue weighted by Crippen LogP contribution is 2.40. The van der Waals surface area contributed by atoms with Crippen LogP contribution in [0.4, 0.5) is 5.69 Å². The SMILES string of the molecule is O=CN1c2ccccc2C(Cl)=C[C@H]1c1ccc(Cl)cc1. The number of nitrogens with zero attached hydrogens (tertiary/aromatic N) is 1. The second-order valence-electron chi connectivity index (χ2n) is 4.54. The topological polar surface area (TPSA) is 20.3 Å². The van der Waals surface area contributed by atoms with Gasteiger partial charge >= 0.3 is 0 Å². The summed E-state index contributed by atoms with van der Waals surface area (Å²) in [6.45, 7) is 0. The van der Waals surface area contributed by atoms with Crippen LogP contribution in [0.15, 0.2) is 54.6 Å². The van der Waals surface area contributed by atoms with Gasteiger partial charge in [0.15, 0.2) is 0 Å². The zero-order valence-corrected chi connectivity index (χ0v) is 12.0. The number of hydrogen-bond donors (Lipinski definition) is 0. The van der Waals surface area contributed by atoms with Gasteiger partial charge in [-0.25, -0.2) is 0 Å². The molecule has 20 heavy (non-hydrogen) atoms. The number of fused-ring (bicyclic) bond motifs is 1. The Hall–Kier alpha value is -1.77. The average Bonchev–Trinajstić information content (AvgIpc) is 2.48. The van der Waals surface area contributed by atoms with Gasteiger partial charge in [0, 0.05) is 15.6 Å². The standard InChI is InChI=1S/C16H11Cl2NO/c17-12-7-5-11(6-8-12)16-9-14(18)13-3-1-2-4-15(13)19(16)10-20/h1-10,16H/t16-/m0/s1. The highest BCUT2D eigenvalue weighted by molar-refractivity contribution is 6.49. The first kappa shape index (κ1) is 13.2. The lowest BCUT2D eigenvalue weighted by molar-refractivity contribution is -0.107. The molecular weight excluding hydrogens is 293 g/mol. The fourth-order valence-corrected chi connectivity index (χ4v) is 2.80. The molecule has 1 atom stereocenters. The van der Waals surface area contributed by atoms with Crippen LogP contribution in [0.3, 0.4) is 0 Å². The van der Waals surface area contributed by atoms with Gasteiger partial charge in [0.25, 0.3) is 0 Å². The molecule has 0 N–H and O–H groups in total. The molecule has 0 bridgehead atoms. The molecular formula is C16H11Cl2NO. The second kappa shape index (κ2) is 5.31. The van der Waals surface area contributed by atoms with Crippen molar-refractivity contribution in [2.24, 2.45) is 0 Å². The van der Waals surface area contributed by atoms with E-state index in [4.69, 9.17) is 23.2 Å². The summed E-state index contributed by atoms with van der Waals surface area (Å²) in [5, 5.41) is 1.32. The molecule has 4 heteroatoms. The largest absolute Gasteiger partial charge is 0.303 e. The van der Waals surface area contributed by atoms with Gasteiger partial charge in [-0.05, 0) is 29.8 Å². The van der Waals surface area contributed by atoms with Crippen molar-refractivity contribution in [1.82, 2.24) is 0 Å². The van der Waals surface area contributed by atoms with Gasteiger partial charge in [-0.15, -0.1) is 0 Å². The van der Waals surface area contributed by atoms with Crippen molar-refractivity contribution >= 4 is 40.3 Å². The van der Waals surface area contributed by atoms with Gasteiger partial charge < -0.3 is 4.90 Å². The van der Waals surface area contributed by atoms with Gasteiger partial charge in [-0.2, -0.15) is 0 Å². The molecule has 0 aromatic heterocycles. The number of rotatable bonds is 2. The Labute approximate surface area is 127 Å². The minimum absolute atomic E-state index is 0.216. The van der Waals surface area contributed by atoms with Gasteiger partial charge in [0.05, 0.1) is 11.7 Å². The molecule has 0 spiro atoms. The van der Waals surface area contributed by atoms with Crippen LogP contribution < -0.4 is 4.90 Å². The van der Waals surface area contributed by atoms with E-state index in [0.717, 1.165) is 23.2 Å². The van der Waals surface area contributed by atoms with E-state index < -0.39 is 0 Å². The lowest BCUT2D eigenvalue weighted by Crippen LogP contribution is -2.29. The smallest absolute Gasteiger partial charge is 0.214 e. The zero-order valence-electron chi connectivity index (χ0n) is 10.5. The van der Waals surface area contributed by atoms with Crippen LogP contribution in [-0.4, -0.2) is 6.41 Å². The van der Waals surface area contributed by atoms with Crippen LogP contribution in [0.1, 0.15) is 17.2 Å². The predicted molar refractivity (Wildman–Crippen MR) is 83.0 cm³/mol. The maximum Gasteiger partial charge on any atom is 0.214 e. The van der Waals surface area contributed by atoms with E-state index in [1.165, 1.54) is 0 Å². The summed E-state index contributed by atoms with van der Waals surface area (Å²) in [5.74, 6) is 0. The van der Waals surface area contributed by atoms with Gasteiger partial charge in [0.2, 0.25) is 6.41 Å². The second-order valence-corrected chi connectivity index (χ2v) is 5.38. The number of anilines is 1. The lowest BCUT2D eigenvalue weighted by atomic mass is 9.98. The molecule has 0 saturated carbocycles. The molecule has 0 unspecified atom stereocenters. The number of carbonyl (C=O) groups excluding carboxylic acids is 1. The lowest BCUT2D eigenvalue weighted by Gasteiger charge is -2.32. The number of amides is 1. The normalized spacial score (nSPS) is 17.4. The third kappa shape index (κ3) is 2.21. The number of para-hydroxylation sites is 1. The summed E-state index contributed by atoms with van der Waals surface area (Å²) < 4.78 is 0. The predicted octanol–water partition coefficient (Wildman–Crippen LogP) is 4.64. The Kier molecular flexibility index (Phi) is 3.51. The minimum Gasteiger partial charge on any atom is -0.303 e. The van der Waals surface area contributed by atoms with Crippen molar-refractivity contribution in [3.8, 4) is 0 Å². The Balaban J connectivity index is 2.11. The first-order valence-electron chi connectivity index (χ1n) is 6.16. The van der Waals surface area contributed by atoms with E-state index in [2.05, 4.69) is 0 Å². The van der Waals surface area contributed by atoms with E-state index in [1.807, 2.05) is 54.6 Å². The third-order valence-electron chi connectivity index (χ3n) is 3.37. The first-order valence-corrected chi connectivity index (χ1v) is 6.92. The highest BCUT2D eigenvalue weighted by Gasteiger charge is 2.26. The zero-order chi connectivity index (χ0) is 14.1. The maximum atomic E-state index is 11.5. The van der Waals surface area contributed by atoms with Crippen molar-refractivity contribution in [2.45, 2.75) is 6.04 Å². The monoisotopic (exact) mass is 303 g/mol. The maximum absolute atomic E-state index is 11.5. The van der Waals surface area contributed by atoms with Gasteiger partial charge in [-0.3, -0.25) is 4.79 Å². The van der Waals surface area contributed by atoms with E-state index >= 15 is 0 Å². The third-order valence-corrected chi connectivity index (χ3v) is 3.95. The van der Waals surface area contributed by atoms with Crippen molar-refractivity contribution in [1.29, 1.82) is 0 Å². The van der Waals surface area contributed by atoms with Gasteiger partial charge in [0.1, 0.15) is 0 Å². The number of hydrogen-bond acceptors (Lipinski definition) is 1. The molecule has 100 valence electrons. The van der Waals surface area contributed by atoms with Crippen LogP contribution in [0.2, 0.25) is 5.02 Å². The highest BCUT2D eigenvalue weighted by atomic mass is 35.5. The Bertz CT molecular complexity index is 679. The Morgan fingerprint density at radius 3 is 2.40 bits per heavy atom. The van der Waals surface area contributed by atoms with E-state index in [9.17, 15) is 4.79 Å². The number of benzene rings is 2. The first-order chi connectivity index (χ1) is 9.70. The molecule has 3 rings (SSSR count). The molecule has 0 aliphatic carbocycles. The average molecular weight is 304 g/mol. The molecule has 1 amide bonds. The Morgan fingerprint density at radius 2 is 1.70 bits per heavy atom. The molecule has 1 aliphatic rings.